The SMILES string of the molecule is c1ccc(-n2c3ccccc3c3cc(-c4ccc(-c5ccc(-c6ccc(-c7ccc(-c8ccc9c(c8)c8ccccc8n9-c8ccc9ccccc9c8)cc7)cc6)cc5)cc4)ccc32)cc1.c1ccc(-n2c3ccccc3c3cc(-c4cccc(-c5cccc(-c6cccc(-c7cccc(-c8ccc9c(c8)c8ccccc8n9-c8ccc9ccccc9c8)c7)c6)c5)c4)ccc32)cc1. The lowest BCUT2D eigenvalue weighted by molar-refractivity contribution is 1.18. The van der Waals surface area contributed by atoms with Crippen LogP contribution in [0.1, 0.15) is 0 Å². The highest BCUT2D eigenvalue weighted by atomic mass is 15.0. The molecule has 0 N–H and O–H groups in total. The second kappa shape index (κ2) is 32.5. The highest BCUT2D eigenvalue weighted by Gasteiger charge is 2.21. The zero-order valence-corrected chi connectivity index (χ0v) is 72.3. The molecule has 26 rings (SSSR count). The predicted octanol–water partition coefficient (Wildman–Crippen LogP) is 34.7. The lowest BCUT2D eigenvalue weighted by Gasteiger charge is -2.11. The van der Waals surface area contributed by atoms with E-state index < -0.39 is 0 Å². The van der Waals surface area contributed by atoms with Crippen LogP contribution in [0.5, 0.6) is 0 Å². The van der Waals surface area contributed by atoms with E-state index in [1.54, 1.807) is 0 Å². The molecule has 4 heterocycles. The van der Waals surface area contributed by atoms with Crippen LogP contribution in [0, 0.1) is 0 Å². The van der Waals surface area contributed by atoms with Crippen LogP contribution in [-0.4, -0.2) is 18.3 Å². The zero-order valence-electron chi connectivity index (χ0n) is 72.3. The van der Waals surface area contributed by atoms with Crippen LogP contribution in [0.2, 0.25) is 0 Å². The van der Waals surface area contributed by atoms with Gasteiger partial charge in [0.2, 0.25) is 0 Å². The minimum atomic E-state index is 1.17. The van der Waals surface area contributed by atoms with Crippen molar-refractivity contribution in [2.24, 2.45) is 0 Å². The van der Waals surface area contributed by atoms with E-state index in [2.05, 4.69) is 528 Å². The number of benzene rings is 22. The van der Waals surface area contributed by atoms with Crippen molar-refractivity contribution in [3.8, 4) is 134 Å². The van der Waals surface area contributed by atoms with E-state index in [9.17, 15) is 0 Å². The molecule has 0 aliphatic carbocycles. The second-order valence-corrected chi connectivity index (χ2v) is 34.7. The van der Waals surface area contributed by atoms with Gasteiger partial charge in [-0.15, -0.1) is 0 Å². The van der Waals surface area contributed by atoms with Crippen molar-refractivity contribution >= 4 is 109 Å². The van der Waals surface area contributed by atoms with Crippen molar-refractivity contribution in [3.05, 3.63) is 510 Å². The number of para-hydroxylation sites is 6. The van der Waals surface area contributed by atoms with E-state index in [4.69, 9.17) is 0 Å². The molecule has 22 aromatic carbocycles. The van der Waals surface area contributed by atoms with Crippen molar-refractivity contribution in [2.75, 3.05) is 0 Å². The third-order valence-electron chi connectivity index (χ3n) is 27.0. The molecule has 26 aromatic rings. The topological polar surface area (TPSA) is 19.7 Å². The van der Waals surface area contributed by atoms with Crippen LogP contribution >= 0.6 is 0 Å². The molecule has 0 aliphatic rings. The van der Waals surface area contributed by atoms with Gasteiger partial charge >= 0.3 is 0 Å². The first-order chi connectivity index (χ1) is 65.4. The van der Waals surface area contributed by atoms with Gasteiger partial charge in [0.1, 0.15) is 0 Å². The minimum absolute atomic E-state index is 1.17. The quantitative estimate of drug-likeness (QED) is 0.103. The number of rotatable bonds is 14. The van der Waals surface area contributed by atoms with Crippen molar-refractivity contribution < 1.29 is 0 Å². The highest BCUT2D eigenvalue weighted by molar-refractivity contribution is 6.15. The maximum Gasteiger partial charge on any atom is 0.0541 e. The number of hydrogen-bond acceptors (Lipinski definition) is 0. The summed E-state index contributed by atoms with van der Waals surface area (Å²) in [6.07, 6.45) is 0. The molecule has 616 valence electrons. The van der Waals surface area contributed by atoms with Gasteiger partial charge in [0.15, 0.2) is 0 Å². The standard InChI is InChI=1S/2C64H42N2/c1-2-24-55(25-3-1)65-61-28-8-6-26-57(61)59-41-53(31-34-63(59)65)50-22-12-20-48(38-50)46-18-10-16-44(36-46)45-17-11-19-47(37-45)49-21-13-23-51(39-49)54-32-35-64-60(42-54)58-27-7-9-29-62(58)66(64)56-33-30-43-14-4-5-15-52(43)40-56;1-2-12-55(13-3-1)65-61-16-8-6-14-57(61)59-41-53(35-38-63(59)65)50-30-26-48(27-31-50)46-22-18-44(19-23-46)45-20-24-47(25-21-45)49-28-32-51(33-29-49)54-36-39-64-60(42-54)58-15-7-9-17-62(58)66(64)56-37-34-43-10-4-5-11-52(43)40-56/h2*1-42H. The van der Waals surface area contributed by atoms with Gasteiger partial charge in [-0.3, -0.25) is 0 Å². The molecule has 0 atom stereocenters. The number of nitrogens with zero attached hydrogens (tertiary/aromatic N) is 4. The highest BCUT2D eigenvalue weighted by Crippen LogP contribution is 2.44. The van der Waals surface area contributed by atoms with Crippen molar-refractivity contribution in [2.45, 2.75) is 0 Å². The summed E-state index contributed by atoms with van der Waals surface area (Å²) in [7, 11) is 0. The Morgan fingerprint density at radius 1 is 0.0909 bits per heavy atom. The van der Waals surface area contributed by atoms with Gasteiger partial charge in [0.05, 0.1) is 44.1 Å². The molecule has 0 spiro atoms. The lowest BCUT2D eigenvalue weighted by atomic mass is 9.93. The monoisotopic (exact) mass is 1680 g/mol. The van der Waals surface area contributed by atoms with Gasteiger partial charge in [-0.05, 0) is 278 Å². The molecule has 4 aromatic heterocycles. The summed E-state index contributed by atoms with van der Waals surface area (Å²) in [5.74, 6) is 0. The molecule has 132 heavy (non-hydrogen) atoms. The molecule has 0 unspecified atom stereocenters. The summed E-state index contributed by atoms with van der Waals surface area (Å²) >= 11 is 0. The Balaban J connectivity index is 0.000000142. The van der Waals surface area contributed by atoms with Crippen LogP contribution in [0.15, 0.2) is 510 Å². The maximum atomic E-state index is 2.40. The zero-order chi connectivity index (χ0) is 87.1. The average molecular weight is 1680 g/mol. The Labute approximate surface area is 765 Å². The van der Waals surface area contributed by atoms with Crippen LogP contribution < -0.4 is 0 Å². The van der Waals surface area contributed by atoms with Crippen molar-refractivity contribution in [1.29, 1.82) is 0 Å². The molecular formula is C128H84N4. The fourth-order valence-corrected chi connectivity index (χ4v) is 20.4. The first-order valence-electron chi connectivity index (χ1n) is 45.5. The molecule has 0 amide bonds. The van der Waals surface area contributed by atoms with Gasteiger partial charge in [-0.1, -0.05) is 364 Å². The molecular weight excluding hydrogens is 1590 g/mol. The Bertz CT molecular complexity index is 8970. The summed E-state index contributed by atoms with van der Waals surface area (Å²) < 4.78 is 9.54. The van der Waals surface area contributed by atoms with E-state index in [0.717, 1.165) is 0 Å². The third kappa shape index (κ3) is 13.8. The third-order valence-corrected chi connectivity index (χ3v) is 27.0. The van der Waals surface area contributed by atoms with E-state index in [1.165, 1.54) is 243 Å². The smallest absolute Gasteiger partial charge is 0.0541 e. The van der Waals surface area contributed by atoms with Gasteiger partial charge in [-0.25, -0.2) is 0 Å². The van der Waals surface area contributed by atoms with Gasteiger partial charge < -0.3 is 18.3 Å². The maximum absolute atomic E-state index is 2.40. The van der Waals surface area contributed by atoms with Crippen LogP contribution in [-0.2, 0) is 0 Å². The van der Waals surface area contributed by atoms with E-state index >= 15 is 0 Å². The Hall–Kier alpha value is -17.4. The van der Waals surface area contributed by atoms with Gasteiger partial charge in [0.25, 0.3) is 0 Å². The van der Waals surface area contributed by atoms with E-state index in [1.807, 2.05) is 0 Å². The molecule has 0 bridgehead atoms. The van der Waals surface area contributed by atoms with Crippen LogP contribution in [0.25, 0.3) is 243 Å². The summed E-state index contributed by atoms with van der Waals surface area (Å²) in [4.78, 5) is 0. The molecule has 0 fully saturated rings. The second-order valence-electron chi connectivity index (χ2n) is 34.7. The lowest BCUT2D eigenvalue weighted by Crippen LogP contribution is -1.93. The minimum Gasteiger partial charge on any atom is -0.309 e. The number of aromatic nitrogens is 4. The molecule has 0 saturated heterocycles. The van der Waals surface area contributed by atoms with Gasteiger partial charge in [0, 0.05) is 65.8 Å². The Kier molecular flexibility index (Phi) is 18.9. The van der Waals surface area contributed by atoms with Crippen LogP contribution in [0.4, 0.5) is 0 Å². The normalized spacial score (nSPS) is 11.6. The predicted molar refractivity (Wildman–Crippen MR) is 560 cm³/mol. The molecule has 4 heteroatoms. The first kappa shape index (κ1) is 76.9. The van der Waals surface area contributed by atoms with Crippen molar-refractivity contribution in [1.82, 2.24) is 18.3 Å². The fourth-order valence-electron chi connectivity index (χ4n) is 20.4. The summed E-state index contributed by atoms with van der Waals surface area (Å²) in [5, 5.41) is 15.1. The van der Waals surface area contributed by atoms with Crippen molar-refractivity contribution in [3.63, 3.8) is 0 Å². The molecule has 4 nitrogen and oxygen atoms in total. The van der Waals surface area contributed by atoms with E-state index in [-0.39, 0.29) is 0 Å². The number of hydrogen-bond donors (Lipinski definition) is 0. The largest absolute Gasteiger partial charge is 0.309 e. The Morgan fingerprint density at radius 3 is 0.545 bits per heavy atom. The van der Waals surface area contributed by atoms with Crippen LogP contribution in [0.3, 0.4) is 0 Å². The molecule has 0 aliphatic heterocycles. The van der Waals surface area contributed by atoms with E-state index in [0.29, 0.717) is 0 Å². The fraction of sp³-hybridized carbons (Fsp3) is 0. The number of fused-ring (bicyclic) bond motifs is 14. The summed E-state index contributed by atoms with van der Waals surface area (Å²) in [5.41, 5.74) is 38.5. The summed E-state index contributed by atoms with van der Waals surface area (Å²) in [6.45, 7) is 0. The molecule has 0 saturated carbocycles. The Morgan fingerprint density at radius 2 is 0.280 bits per heavy atom. The molecule has 0 radical (unpaired) electrons. The van der Waals surface area contributed by atoms with Gasteiger partial charge in [-0.2, -0.15) is 0 Å². The first-order valence-corrected chi connectivity index (χ1v) is 45.5. The average Bonchev–Trinajstić information content (AvgIpc) is 1.61. The summed E-state index contributed by atoms with van der Waals surface area (Å²) in [6, 6.07) is 186.